The van der Waals surface area contributed by atoms with Crippen LogP contribution in [0, 0.1) is 0 Å². The van der Waals surface area contributed by atoms with Crippen molar-refractivity contribution >= 4 is 33.4 Å². The van der Waals surface area contributed by atoms with Crippen LogP contribution >= 0.6 is 15.9 Å². The summed E-state index contributed by atoms with van der Waals surface area (Å²) >= 11 is 3.44. The molecule has 2 aromatic rings. The molecule has 5 nitrogen and oxygen atoms in total. The number of rotatable bonds is 6. The van der Waals surface area contributed by atoms with Crippen LogP contribution < -0.4 is 10.1 Å². The molecule has 0 spiro atoms. The Kier molecular flexibility index (Phi) is 6.58. The lowest BCUT2D eigenvalue weighted by molar-refractivity contribution is -0.116. The Morgan fingerprint density at radius 1 is 1.16 bits per heavy atom. The summed E-state index contributed by atoms with van der Waals surface area (Å²) in [7, 11) is 4.98. The zero-order chi connectivity index (χ0) is 18.4. The van der Waals surface area contributed by atoms with E-state index >= 15 is 0 Å². The molecule has 0 saturated carbocycles. The van der Waals surface area contributed by atoms with Crippen LogP contribution in [0.1, 0.15) is 22.3 Å². The first-order valence-corrected chi connectivity index (χ1v) is 8.64. The minimum Gasteiger partial charge on any atom is -0.496 e. The van der Waals surface area contributed by atoms with E-state index in [1.165, 1.54) is 4.90 Å². The van der Waals surface area contributed by atoms with Gasteiger partial charge in [0.05, 0.1) is 22.8 Å². The van der Waals surface area contributed by atoms with Crippen LogP contribution in [0.3, 0.4) is 0 Å². The van der Waals surface area contributed by atoms with Crippen LogP contribution in [0.5, 0.6) is 5.75 Å². The number of nitrogens with zero attached hydrogens (tertiary/aromatic N) is 1. The second-order valence-electron chi connectivity index (χ2n) is 5.76. The smallest absolute Gasteiger partial charge is 0.255 e. The Balaban J connectivity index is 2.01. The van der Waals surface area contributed by atoms with Crippen molar-refractivity contribution in [3.63, 3.8) is 0 Å². The zero-order valence-electron chi connectivity index (χ0n) is 14.5. The fourth-order valence-electron chi connectivity index (χ4n) is 2.36. The number of nitrogens with one attached hydrogen (secondary N) is 1. The first-order valence-electron chi connectivity index (χ1n) is 7.85. The molecule has 0 bridgehead atoms. The van der Waals surface area contributed by atoms with Crippen molar-refractivity contribution in [1.29, 1.82) is 0 Å². The third kappa shape index (κ3) is 5.06. The third-order valence-electron chi connectivity index (χ3n) is 3.69. The van der Waals surface area contributed by atoms with Gasteiger partial charge < -0.3 is 15.0 Å². The van der Waals surface area contributed by atoms with Gasteiger partial charge in [-0.3, -0.25) is 9.59 Å². The highest BCUT2D eigenvalue weighted by Gasteiger charge is 2.14. The SMILES string of the molecule is COc1ccc(CCC(=O)Nc2ccccc2C(=O)N(C)C)cc1Br. The highest BCUT2D eigenvalue weighted by atomic mass is 79.9. The molecule has 1 N–H and O–H groups in total. The Labute approximate surface area is 156 Å². The van der Waals surface area contributed by atoms with Crippen LogP contribution in [-0.2, 0) is 11.2 Å². The summed E-state index contributed by atoms with van der Waals surface area (Å²) in [6.45, 7) is 0. The molecule has 0 aliphatic carbocycles. The summed E-state index contributed by atoms with van der Waals surface area (Å²) in [6.07, 6.45) is 0.918. The van der Waals surface area contributed by atoms with E-state index in [2.05, 4.69) is 21.2 Å². The average Bonchev–Trinajstić information content (AvgIpc) is 2.60. The molecule has 0 radical (unpaired) electrons. The molecule has 2 amide bonds. The number of amides is 2. The molecular weight excluding hydrogens is 384 g/mol. The summed E-state index contributed by atoms with van der Waals surface area (Å²) < 4.78 is 6.05. The van der Waals surface area contributed by atoms with E-state index in [1.54, 1.807) is 45.5 Å². The molecule has 2 aromatic carbocycles. The Bertz CT molecular complexity index is 775. The molecule has 0 aliphatic rings. The molecular formula is C19H21BrN2O3. The number of ether oxygens (including phenoxy) is 1. The van der Waals surface area contributed by atoms with Gasteiger partial charge in [-0.25, -0.2) is 0 Å². The van der Waals surface area contributed by atoms with Crippen LogP contribution in [0.4, 0.5) is 5.69 Å². The maximum absolute atomic E-state index is 12.3. The Morgan fingerprint density at radius 2 is 1.88 bits per heavy atom. The number of carbonyl (C=O) groups is 2. The number of hydrogen-bond donors (Lipinski definition) is 1. The van der Waals surface area contributed by atoms with Crippen molar-refractivity contribution in [3.05, 3.63) is 58.1 Å². The number of para-hydroxylation sites is 1. The molecule has 0 aromatic heterocycles. The summed E-state index contributed by atoms with van der Waals surface area (Å²) in [5.74, 6) is 0.477. The van der Waals surface area contributed by atoms with Gasteiger partial charge in [0.1, 0.15) is 5.75 Å². The minimum atomic E-state index is -0.144. The first kappa shape index (κ1) is 19.0. The maximum atomic E-state index is 12.3. The zero-order valence-corrected chi connectivity index (χ0v) is 16.1. The highest BCUT2D eigenvalue weighted by Crippen LogP contribution is 2.26. The molecule has 0 atom stereocenters. The monoisotopic (exact) mass is 404 g/mol. The van der Waals surface area contributed by atoms with E-state index in [1.807, 2.05) is 18.2 Å². The van der Waals surface area contributed by atoms with Gasteiger partial charge in [0.2, 0.25) is 5.91 Å². The molecule has 0 saturated heterocycles. The van der Waals surface area contributed by atoms with Crippen molar-refractivity contribution in [2.24, 2.45) is 0 Å². The van der Waals surface area contributed by atoms with Gasteiger partial charge in [0, 0.05) is 20.5 Å². The van der Waals surface area contributed by atoms with Gasteiger partial charge in [0.15, 0.2) is 0 Å². The van der Waals surface area contributed by atoms with Gasteiger partial charge in [-0.05, 0) is 52.2 Å². The lowest BCUT2D eigenvalue weighted by Gasteiger charge is -2.14. The quantitative estimate of drug-likeness (QED) is 0.797. The molecule has 0 unspecified atom stereocenters. The minimum absolute atomic E-state index is 0.133. The van der Waals surface area contributed by atoms with E-state index in [0.717, 1.165) is 15.8 Å². The summed E-state index contributed by atoms with van der Waals surface area (Å²) in [5, 5.41) is 2.83. The molecule has 6 heteroatoms. The van der Waals surface area contributed by atoms with Gasteiger partial charge in [-0.2, -0.15) is 0 Å². The predicted molar refractivity (Wildman–Crippen MR) is 102 cm³/mol. The fourth-order valence-corrected chi connectivity index (χ4v) is 2.94. The molecule has 2 rings (SSSR count). The van der Waals surface area contributed by atoms with Crippen LogP contribution in [0.15, 0.2) is 46.9 Å². The largest absolute Gasteiger partial charge is 0.496 e. The molecule has 0 heterocycles. The number of hydrogen-bond acceptors (Lipinski definition) is 3. The lowest BCUT2D eigenvalue weighted by Crippen LogP contribution is -2.24. The molecule has 0 fully saturated rings. The van der Waals surface area contributed by atoms with Crippen molar-refractivity contribution in [2.75, 3.05) is 26.5 Å². The number of halogens is 1. The van der Waals surface area contributed by atoms with Crippen molar-refractivity contribution in [2.45, 2.75) is 12.8 Å². The van der Waals surface area contributed by atoms with E-state index in [-0.39, 0.29) is 11.8 Å². The first-order chi connectivity index (χ1) is 11.9. The number of benzene rings is 2. The molecule has 25 heavy (non-hydrogen) atoms. The van der Waals surface area contributed by atoms with E-state index in [0.29, 0.717) is 24.1 Å². The molecule has 0 aliphatic heterocycles. The topological polar surface area (TPSA) is 58.6 Å². The fraction of sp³-hybridized carbons (Fsp3) is 0.263. The van der Waals surface area contributed by atoms with Crippen molar-refractivity contribution in [3.8, 4) is 5.75 Å². The average molecular weight is 405 g/mol. The summed E-state index contributed by atoms with van der Waals surface area (Å²) in [6, 6.07) is 12.7. The molecule has 132 valence electrons. The third-order valence-corrected chi connectivity index (χ3v) is 4.31. The highest BCUT2D eigenvalue weighted by molar-refractivity contribution is 9.10. The normalized spacial score (nSPS) is 10.2. The summed E-state index contributed by atoms with van der Waals surface area (Å²) in [4.78, 5) is 25.9. The van der Waals surface area contributed by atoms with Gasteiger partial charge in [0.25, 0.3) is 5.91 Å². The van der Waals surface area contributed by atoms with Crippen LogP contribution in [0.2, 0.25) is 0 Å². The van der Waals surface area contributed by atoms with E-state index < -0.39 is 0 Å². The van der Waals surface area contributed by atoms with Gasteiger partial charge >= 0.3 is 0 Å². The van der Waals surface area contributed by atoms with Crippen LogP contribution in [0.25, 0.3) is 0 Å². The number of methoxy groups -OCH3 is 1. The summed E-state index contributed by atoms with van der Waals surface area (Å²) in [5.41, 5.74) is 2.04. The van der Waals surface area contributed by atoms with Crippen molar-refractivity contribution < 1.29 is 14.3 Å². The lowest BCUT2D eigenvalue weighted by atomic mass is 10.1. The Hall–Kier alpha value is -2.34. The van der Waals surface area contributed by atoms with Crippen molar-refractivity contribution in [1.82, 2.24) is 4.90 Å². The number of carbonyl (C=O) groups excluding carboxylic acids is 2. The maximum Gasteiger partial charge on any atom is 0.255 e. The van der Waals surface area contributed by atoms with E-state index in [9.17, 15) is 9.59 Å². The number of anilines is 1. The second kappa shape index (κ2) is 8.67. The van der Waals surface area contributed by atoms with Gasteiger partial charge in [-0.15, -0.1) is 0 Å². The van der Waals surface area contributed by atoms with Gasteiger partial charge in [-0.1, -0.05) is 18.2 Å². The van der Waals surface area contributed by atoms with Crippen LogP contribution in [-0.4, -0.2) is 37.9 Å². The van der Waals surface area contributed by atoms with E-state index in [4.69, 9.17) is 4.74 Å². The Morgan fingerprint density at radius 3 is 2.52 bits per heavy atom. The predicted octanol–water partition coefficient (Wildman–Crippen LogP) is 3.73. The standard InChI is InChI=1S/C19H21BrN2O3/c1-22(2)19(24)14-6-4-5-7-16(14)21-18(23)11-9-13-8-10-17(25-3)15(20)12-13/h4-8,10,12H,9,11H2,1-3H3,(H,21,23). The number of aryl methyl sites for hydroxylation is 1. The second-order valence-corrected chi connectivity index (χ2v) is 6.62.